The van der Waals surface area contributed by atoms with E-state index in [2.05, 4.69) is 5.32 Å². The van der Waals surface area contributed by atoms with Gasteiger partial charge in [0, 0.05) is 9.92 Å². The Labute approximate surface area is 140 Å². The van der Waals surface area contributed by atoms with Gasteiger partial charge in [0.25, 0.3) is 5.91 Å². The number of ether oxygens (including phenoxy) is 1. The molecule has 2 rings (SSSR count). The average molecular weight is 336 g/mol. The highest BCUT2D eigenvalue weighted by Crippen LogP contribution is 2.25. The smallest absolute Gasteiger partial charge is 0.265 e. The number of benzene rings is 2. The number of para-hydroxylation sites is 1. The third kappa shape index (κ3) is 4.42. The van der Waals surface area contributed by atoms with Crippen molar-refractivity contribution in [1.29, 1.82) is 0 Å². The van der Waals surface area contributed by atoms with Gasteiger partial charge >= 0.3 is 0 Å². The second-order valence-corrected chi connectivity index (χ2v) is 5.94. The predicted molar refractivity (Wildman–Crippen MR) is 93.0 cm³/mol. The molecule has 1 atom stereocenters. The molecule has 1 N–H and O–H groups in total. The van der Waals surface area contributed by atoms with E-state index < -0.39 is 6.10 Å². The van der Waals surface area contributed by atoms with Crippen molar-refractivity contribution < 1.29 is 9.53 Å². The highest BCUT2D eigenvalue weighted by atomic mass is 35.5. The maximum Gasteiger partial charge on any atom is 0.265 e. The van der Waals surface area contributed by atoms with Crippen LogP contribution in [0, 0.1) is 0 Å². The van der Waals surface area contributed by atoms with Gasteiger partial charge in [-0.15, -0.1) is 11.8 Å². The van der Waals surface area contributed by atoms with Gasteiger partial charge in [-0.1, -0.05) is 30.7 Å². The monoisotopic (exact) mass is 335 g/mol. The summed E-state index contributed by atoms with van der Waals surface area (Å²) in [6, 6.07) is 14.7. The van der Waals surface area contributed by atoms with Crippen LogP contribution in [0.15, 0.2) is 53.4 Å². The minimum absolute atomic E-state index is 0.154. The molecule has 3 nitrogen and oxygen atoms in total. The van der Waals surface area contributed by atoms with Crippen molar-refractivity contribution in [3.05, 3.63) is 53.6 Å². The number of nitrogens with one attached hydrogen (secondary N) is 1. The molecule has 0 bridgehead atoms. The van der Waals surface area contributed by atoms with Crippen molar-refractivity contribution >= 4 is 35.0 Å². The average Bonchev–Trinajstić information content (AvgIpc) is 2.54. The number of thioether (sulfide) groups is 1. The van der Waals surface area contributed by atoms with Crippen LogP contribution in [0.4, 0.5) is 5.69 Å². The van der Waals surface area contributed by atoms with E-state index in [9.17, 15) is 4.79 Å². The summed E-state index contributed by atoms with van der Waals surface area (Å²) in [6.45, 7) is 1.92. The zero-order valence-corrected chi connectivity index (χ0v) is 14.1. The molecule has 0 aromatic heterocycles. The zero-order chi connectivity index (χ0) is 15.9. The molecule has 5 heteroatoms. The molecule has 2 aromatic carbocycles. The molecule has 0 aliphatic rings. The van der Waals surface area contributed by atoms with Crippen LogP contribution in [-0.4, -0.2) is 18.3 Å². The van der Waals surface area contributed by atoms with Gasteiger partial charge < -0.3 is 10.1 Å². The fourth-order valence-electron chi connectivity index (χ4n) is 1.96. The Bertz CT molecular complexity index is 631. The molecule has 0 aliphatic heterocycles. The molecule has 116 valence electrons. The molecule has 0 heterocycles. The first-order valence-corrected chi connectivity index (χ1v) is 8.60. The molecule has 0 aliphatic carbocycles. The van der Waals surface area contributed by atoms with Crippen LogP contribution in [-0.2, 0) is 4.79 Å². The standard InChI is InChI=1S/C17H18ClNO2S/c1-3-15(21-13-10-8-12(18)9-11-13)17(20)19-14-6-4-5-7-16(14)22-2/h4-11,15H,3H2,1-2H3,(H,19,20). The summed E-state index contributed by atoms with van der Waals surface area (Å²) < 4.78 is 5.75. The van der Waals surface area contributed by atoms with Gasteiger partial charge in [0.1, 0.15) is 5.75 Å². The van der Waals surface area contributed by atoms with Crippen molar-refractivity contribution in [3.63, 3.8) is 0 Å². The van der Waals surface area contributed by atoms with Gasteiger partial charge in [0.05, 0.1) is 5.69 Å². The third-order valence-electron chi connectivity index (χ3n) is 3.12. The Morgan fingerprint density at radius 1 is 1.23 bits per heavy atom. The first kappa shape index (κ1) is 16.7. The summed E-state index contributed by atoms with van der Waals surface area (Å²) in [5.41, 5.74) is 0.804. The van der Waals surface area contributed by atoms with Crippen LogP contribution in [0.2, 0.25) is 5.02 Å². The molecule has 0 fully saturated rings. The van der Waals surface area contributed by atoms with E-state index >= 15 is 0 Å². The molecule has 2 aromatic rings. The van der Waals surface area contributed by atoms with E-state index in [4.69, 9.17) is 16.3 Å². The normalized spacial score (nSPS) is 11.8. The van der Waals surface area contributed by atoms with Crippen molar-refractivity contribution in [2.75, 3.05) is 11.6 Å². The number of carbonyl (C=O) groups is 1. The Morgan fingerprint density at radius 2 is 1.91 bits per heavy atom. The van der Waals surface area contributed by atoms with Crippen LogP contribution in [0.1, 0.15) is 13.3 Å². The lowest BCUT2D eigenvalue weighted by Crippen LogP contribution is -2.32. The van der Waals surface area contributed by atoms with Gasteiger partial charge in [-0.3, -0.25) is 4.79 Å². The second-order valence-electron chi connectivity index (χ2n) is 4.66. The summed E-state index contributed by atoms with van der Waals surface area (Å²) in [5, 5.41) is 3.57. The number of anilines is 1. The number of halogens is 1. The number of carbonyl (C=O) groups excluding carboxylic acids is 1. The minimum Gasteiger partial charge on any atom is -0.481 e. The summed E-state index contributed by atoms with van der Waals surface area (Å²) in [4.78, 5) is 13.4. The molecular formula is C17H18ClNO2S. The Morgan fingerprint density at radius 3 is 2.55 bits per heavy atom. The van der Waals surface area contributed by atoms with Crippen molar-refractivity contribution in [1.82, 2.24) is 0 Å². The molecule has 0 radical (unpaired) electrons. The molecular weight excluding hydrogens is 318 g/mol. The van der Waals surface area contributed by atoms with Crippen LogP contribution < -0.4 is 10.1 Å². The second kappa shape index (κ2) is 8.11. The fraction of sp³-hybridized carbons (Fsp3) is 0.235. The van der Waals surface area contributed by atoms with Crippen LogP contribution >= 0.6 is 23.4 Å². The van der Waals surface area contributed by atoms with Crippen molar-refractivity contribution in [3.8, 4) is 5.75 Å². The summed E-state index contributed by atoms with van der Waals surface area (Å²) in [7, 11) is 0. The zero-order valence-electron chi connectivity index (χ0n) is 12.5. The SMILES string of the molecule is CCC(Oc1ccc(Cl)cc1)C(=O)Nc1ccccc1SC. The topological polar surface area (TPSA) is 38.3 Å². The van der Waals surface area contributed by atoms with Crippen molar-refractivity contribution in [2.24, 2.45) is 0 Å². The molecule has 1 unspecified atom stereocenters. The van der Waals surface area contributed by atoms with E-state index in [1.54, 1.807) is 36.0 Å². The molecule has 0 saturated heterocycles. The number of hydrogen-bond donors (Lipinski definition) is 1. The Balaban J connectivity index is 2.07. The van der Waals surface area contributed by atoms with Gasteiger partial charge in [-0.2, -0.15) is 0 Å². The third-order valence-corrected chi connectivity index (χ3v) is 4.17. The maximum atomic E-state index is 12.4. The van der Waals surface area contributed by atoms with E-state index in [1.807, 2.05) is 37.4 Å². The summed E-state index contributed by atoms with van der Waals surface area (Å²) in [5.74, 6) is 0.475. The highest BCUT2D eigenvalue weighted by Gasteiger charge is 2.19. The Hall–Kier alpha value is -1.65. The van der Waals surface area contributed by atoms with Gasteiger partial charge in [0.2, 0.25) is 0 Å². The quantitative estimate of drug-likeness (QED) is 0.766. The first-order valence-electron chi connectivity index (χ1n) is 7.00. The lowest BCUT2D eigenvalue weighted by Gasteiger charge is -2.18. The number of hydrogen-bond acceptors (Lipinski definition) is 3. The Kier molecular flexibility index (Phi) is 6.16. The fourth-order valence-corrected chi connectivity index (χ4v) is 2.64. The lowest BCUT2D eigenvalue weighted by molar-refractivity contribution is -0.122. The van der Waals surface area contributed by atoms with Gasteiger partial charge in [-0.25, -0.2) is 0 Å². The maximum absolute atomic E-state index is 12.4. The van der Waals surface area contributed by atoms with E-state index in [0.717, 1.165) is 10.6 Å². The van der Waals surface area contributed by atoms with Crippen LogP contribution in [0.25, 0.3) is 0 Å². The summed E-state index contributed by atoms with van der Waals surface area (Å²) in [6.07, 6.45) is 2.01. The molecule has 0 saturated carbocycles. The van der Waals surface area contributed by atoms with Gasteiger partial charge in [0.15, 0.2) is 6.10 Å². The minimum atomic E-state index is -0.545. The summed E-state index contributed by atoms with van der Waals surface area (Å²) >= 11 is 7.44. The lowest BCUT2D eigenvalue weighted by atomic mass is 10.2. The molecule has 1 amide bonds. The number of amides is 1. The highest BCUT2D eigenvalue weighted by molar-refractivity contribution is 7.98. The van der Waals surface area contributed by atoms with E-state index in [1.165, 1.54) is 0 Å². The van der Waals surface area contributed by atoms with Crippen LogP contribution in [0.5, 0.6) is 5.75 Å². The van der Waals surface area contributed by atoms with Crippen LogP contribution in [0.3, 0.4) is 0 Å². The molecule has 0 spiro atoms. The molecule has 22 heavy (non-hydrogen) atoms. The largest absolute Gasteiger partial charge is 0.481 e. The van der Waals surface area contributed by atoms with E-state index in [-0.39, 0.29) is 5.91 Å². The van der Waals surface area contributed by atoms with E-state index in [0.29, 0.717) is 17.2 Å². The van der Waals surface area contributed by atoms with Gasteiger partial charge in [-0.05, 0) is 49.1 Å². The first-order chi connectivity index (χ1) is 10.6. The predicted octanol–water partition coefficient (Wildman–Crippen LogP) is 4.86. The number of rotatable bonds is 6. The van der Waals surface area contributed by atoms with Crippen molar-refractivity contribution in [2.45, 2.75) is 24.3 Å².